The van der Waals surface area contributed by atoms with Gasteiger partial charge < -0.3 is 9.16 Å². The van der Waals surface area contributed by atoms with Gasteiger partial charge in [-0.15, -0.1) is 0 Å². The molecule has 0 fully saturated rings. The fourth-order valence-corrected chi connectivity index (χ4v) is 3.17. The number of aliphatic imine (C=N–C) groups is 1. The third kappa shape index (κ3) is 6.30. The van der Waals surface area contributed by atoms with Crippen LogP contribution in [0, 0.1) is 11.8 Å². The SMILES string of the molecule is C/N=C/[C@H](C[C@H](C(=O)OC)C(C)C)O[Si](C)(C)C(C)(C)C. The van der Waals surface area contributed by atoms with Gasteiger partial charge in [0.05, 0.1) is 19.1 Å². The monoisotopic (exact) mass is 315 g/mol. The van der Waals surface area contributed by atoms with Crippen LogP contribution in [-0.4, -0.2) is 40.8 Å². The summed E-state index contributed by atoms with van der Waals surface area (Å²) in [6, 6.07) is 0. The highest BCUT2D eigenvalue weighted by atomic mass is 28.4. The lowest BCUT2D eigenvalue weighted by Crippen LogP contribution is -2.45. The van der Waals surface area contributed by atoms with Crippen molar-refractivity contribution < 1.29 is 14.0 Å². The van der Waals surface area contributed by atoms with Crippen LogP contribution < -0.4 is 0 Å². The maximum Gasteiger partial charge on any atom is 0.309 e. The smallest absolute Gasteiger partial charge is 0.309 e. The Morgan fingerprint density at radius 3 is 2.14 bits per heavy atom. The fourth-order valence-electron chi connectivity index (χ4n) is 1.90. The van der Waals surface area contributed by atoms with Gasteiger partial charge in [-0.3, -0.25) is 9.79 Å². The van der Waals surface area contributed by atoms with Crippen molar-refractivity contribution >= 4 is 20.5 Å². The average Bonchev–Trinajstić information content (AvgIpc) is 2.32. The molecule has 0 aliphatic rings. The molecule has 0 saturated heterocycles. The van der Waals surface area contributed by atoms with Crippen LogP contribution in [0.2, 0.25) is 18.1 Å². The van der Waals surface area contributed by atoms with Gasteiger partial charge >= 0.3 is 5.97 Å². The Kier molecular flexibility index (Phi) is 7.82. The van der Waals surface area contributed by atoms with Crippen LogP contribution in [0.15, 0.2) is 4.99 Å². The topological polar surface area (TPSA) is 47.9 Å². The molecule has 4 nitrogen and oxygen atoms in total. The summed E-state index contributed by atoms with van der Waals surface area (Å²) in [5, 5.41) is 0.130. The van der Waals surface area contributed by atoms with E-state index in [1.807, 2.05) is 20.1 Å². The molecule has 0 spiro atoms. The average molecular weight is 316 g/mol. The van der Waals surface area contributed by atoms with E-state index < -0.39 is 8.32 Å². The van der Waals surface area contributed by atoms with Crippen molar-refractivity contribution in [1.29, 1.82) is 0 Å². The quantitative estimate of drug-likeness (QED) is 0.406. The van der Waals surface area contributed by atoms with Gasteiger partial charge in [-0.25, -0.2) is 0 Å². The first-order chi connectivity index (χ1) is 9.46. The van der Waals surface area contributed by atoms with Gasteiger partial charge in [-0.2, -0.15) is 0 Å². The molecule has 0 heterocycles. The van der Waals surface area contributed by atoms with Crippen molar-refractivity contribution in [3.05, 3.63) is 0 Å². The maximum absolute atomic E-state index is 11.9. The summed E-state index contributed by atoms with van der Waals surface area (Å²) < 4.78 is 11.3. The van der Waals surface area contributed by atoms with Crippen molar-refractivity contribution in [1.82, 2.24) is 0 Å². The Balaban J connectivity index is 5.11. The number of hydrogen-bond acceptors (Lipinski definition) is 4. The van der Waals surface area contributed by atoms with E-state index in [9.17, 15) is 4.79 Å². The number of carbonyl (C=O) groups is 1. The van der Waals surface area contributed by atoms with Gasteiger partial charge in [0, 0.05) is 13.3 Å². The molecule has 0 radical (unpaired) electrons. The molecule has 0 N–H and O–H groups in total. The van der Waals surface area contributed by atoms with Gasteiger partial charge in [0.25, 0.3) is 0 Å². The molecule has 0 saturated carbocycles. The second-order valence-electron chi connectivity index (χ2n) is 7.43. The van der Waals surface area contributed by atoms with Crippen LogP contribution in [0.1, 0.15) is 41.0 Å². The lowest BCUT2D eigenvalue weighted by molar-refractivity contribution is -0.147. The Labute approximate surface area is 131 Å². The molecular formula is C16H33NO3Si. The number of esters is 1. The van der Waals surface area contributed by atoms with Crippen LogP contribution >= 0.6 is 0 Å². The van der Waals surface area contributed by atoms with Crippen molar-refractivity contribution in [2.24, 2.45) is 16.8 Å². The van der Waals surface area contributed by atoms with E-state index in [1.54, 1.807) is 7.05 Å². The predicted octanol–water partition coefficient (Wildman–Crippen LogP) is 3.91. The van der Waals surface area contributed by atoms with Gasteiger partial charge in [-0.1, -0.05) is 34.6 Å². The van der Waals surface area contributed by atoms with E-state index in [0.29, 0.717) is 6.42 Å². The zero-order valence-corrected chi connectivity index (χ0v) is 16.2. The Bertz CT molecular complexity index is 359. The van der Waals surface area contributed by atoms with E-state index in [0.717, 1.165) is 0 Å². The maximum atomic E-state index is 11.9. The third-order valence-electron chi connectivity index (χ3n) is 4.36. The third-order valence-corrected chi connectivity index (χ3v) is 8.87. The van der Waals surface area contributed by atoms with E-state index in [2.05, 4.69) is 38.9 Å². The van der Waals surface area contributed by atoms with Gasteiger partial charge in [-0.05, 0) is 30.5 Å². The van der Waals surface area contributed by atoms with Crippen molar-refractivity contribution in [3.8, 4) is 0 Å². The normalized spacial score (nSPS) is 16.3. The zero-order valence-electron chi connectivity index (χ0n) is 15.2. The van der Waals surface area contributed by atoms with Crippen LogP contribution in [0.25, 0.3) is 0 Å². The van der Waals surface area contributed by atoms with Crippen molar-refractivity contribution in [3.63, 3.8) is 0 Å². The number of carbonyl (C=O) groups excluding carboxylic acids is 1. The van der Waals surface area contributed by atoms with Crippen LogP contribution in [-0.2, 0) is 14.0 Å². The van der Waals surface area contributed by atoms with Crippen LogP contribution in [0.3, 0.4) is 0 Å². The van der Waals surface area contributed by atoms with E-state index in [4.69, 9.17) is 9.16 Å². The number of methoxy groups -OCH3 is 1. The lowest BCUT2D eigenvalue weighted by Gasteiger charge is -2.39. The summed E-state index contributed by atoms with van der Waals surface area (Å²) in [4.78, 5) is 16.1. The number of rotatable bonds is 7. The standard InChI is InChI=1S/C16H33NO3Si/c1-12(2)14(15(18)19-7)10-13(11-17-6)20-21(8,9)16(3,4)5/h11-14H,10H2,1-9H3/b17-11+/t13-,14-/m0/s1. The first-order valence-electron chi connectivity index (χ1n) is 7.64. The molecule has 124 valence electrons. The summed E-state index contributed by atoms with van der Waals surface area (Å²) in [6.07, 6.45) is 2.30. The minimum Gasteiger partial charge on any atom is -0.469 e. The Morgan fingerprint density at radius 2 is 1.81 bits per heavy atom. The van der Waals surface area contributed by atoms with Crippen molar-refractivity contribution in [2.75, 3.05) is 14.2 Å². The molecule has 2 atom stereocenters. The van der Waals surface area contributed by atoms with Gasteiger partial charge in [0.2, 0.25) is 0 Å². The van der Waals surface area contributed by atoms with E-state index >= 15 is 0 Å². The summed E-state index contributed by atoms with van der Waals surface area (Å²) in [5.74, 6) is -0.116. The molecule has 5 heteroatoms. The molecule has 0 aromatic heterocycles. The highest BCUT2D eigenvalue weighted by Gasteiger charge is 2.40. The van der Waals surface area contributed by atoms with E-state index in [-0.39, 0.29) is 28.9 Å². The molecule has 21 heavy (non-hydrogen) atoms. The summed E-state index contributed by atoms with van der Waals surface area (Å²) in [6.45, 7) is 15.1. The number of ether oxygens (including phenoxy) is 1. The zero-order chi connectivity index (χ0) is 16.8. The second-order valence-corrected chi connectivity index (χ2v) is 12.2. The number of hydrogen-bond donors (Lipinski definition) is 0. The van der Waals surface area contributed by atoms with E-state index in [1.165, 1.54) is 7.11 Å². The molecule has 0 aromatic carbocycles. The first kappa shape index (κ1) is 20.3. The highest BCUT2D eigenvalue weighted by molar-refractivity contribution is 6.74. The highest BCUT2D eigenvalue weighted by Crippen LogP contribution is 2.38. The number of nitrogens with zero attached hydrogens (tertiary/aromatic N) is 1. The Morgan fingerprint density at radius 1 is 1.29 bits per heavy atom. The molecule has 0 rings (SSSR count). The Hall–Kier alpha value is -0.683. The molecule has 0 aliphatic heterocycles. The molecular weight excluding hydrogens is 282 g/mol. The summed E-state index contributed by atoms with van der Waals surface area (Å²) in [5.41, 5.74) is 0. The van der Waals surface area contributed by atoms with Crippen molar-refractivity contribution in [2.45, 2.75) is 65.3 Å². The molecule has 0 amide bonds. The minimum atomic E-state index is -1.90. The van der Waals surface area contributed by atoms with Gasteiger partial charge in [0.15, 0.2) is 8.32 Å². The van der Waals surface area contributed by atoms with Crippen LogP contribution in [0.5, 0.6) is 0 Å². The second kappa shape index (κ2) is 8.08. The minimum absolute atomic E-state index is 0.130. The molecule has 0 bridgehead atoms. The fraction of sp³-hybridized carbons (Fsp3) is 0.875. The molecule has 0 aliphatic carbocycles. The van der Waals surface area contributed by atoms with Crippen LogP contribution in [0.4, 0.5) is 0 Å². The molecule has 0 aromatic rings. The largest absolute Gasteiger partial charge is 0.469 e. The predicted molar refractivity (Wildman–Crippen MR) is 91.4 cm³/mol. The summed E-state index contributed by atoms with van der Waals surface area (Å²) in [7, 11) is 1.29. The van der Waals surface area contributed by atoms with Gasteiger partial charge in [0.1, 0.15) is 0 Å². The first-order valence-corrected chi connectivity index (χ1v) is 10.5. The summed E-state index contributed by atoms with van der Waals surface area (Å²) >= 11 is 0. The lowest BCUT2D eigenvalue weighted by atomic mass is 9.90. The molecule has 0 unspecified atom stereocenters.